The van der Waals surface area contributed by atoms with Gasteiger partial charge in [0.2, 0.25) is 5.91 Å². The fourth-order valence-electron chi connectivity index (χ4n) is 4.92. The quantitative estimate of drug-likeness (QED) is 0.483. The number of nitrogens with zero attached hydrogens (tertiary/aromatic N) is 1. The van der Waals surface area contributed by atoms with Crippen LogP contribution in [0.4, 0.5) is 0 Å². The molecule has 0 radical (unpaired) electrons. The Hall–Kier alpha value is -3.43. The van der Waals surface area contributed by atoms with Crippen LogP contribution in [0.5, 0.6) is 0 Å². The van der Waals surface area contributed by atoms with Gasteiger partial charge in [0, 0.05) is 18.7 Å². The minimum Gasteiger partial charge on any atom is -0.366 e. The van der Waals surface area contributed by atoms with Crippen LogP contribution in [0.15, 0.2) is 72.3 Å². The summed E-state index contributed by atoms with van der Waals surface area (Å²) < 4.78 is 0. The third-order valence-corrected chi connectivity index (χ3v) is 6.68. The van der Waals surface area contributed by atoms with Gasteiger partial charge < -0.3 is 10.6 Å². The molecule has 1 aliphatic heterocycles. The maximum absolute atomic E-state index is 11.9. The number of carbonyl (C=O) groups is 1. The van der Waals surface area contributed by atoms with Crippen molar-refractivity contribution in [3.63, 3.8) is 0 Å². The van der Waals surface area contributed by atoms with E-state index < -0.39 is 0 Å². The Morgan fingerprint density at radius 3 is 2.34 bits per heavy atom. The summed E-state index contributed by atoms with van der Waals surface area (Å²) >= 11 is 0. The van der Waals surface area contributed by atoms with Crippen LogP contribution < -0.4 is 5.73 Å². The van der Waals surface area contributed by atoms with Crippen molar-refractivity contribution < 1.29 is 4.79 Å². The van der Waals surface area contributed by atoms with Gasteiger partial charge in [-0.2, -0.15) is 0 Å². The van der Waals surface area contributed by atoms with Crippen molar-refractivity contribution in [1.82, 2.24) is 4.90 Å². The number of benzene rings is 3. The minimum absolute atomic E-state index is 0.374. The Labute approximate surface area is 189 Å². The smallest absolute Gasteiger partial charge is 0.248 e. The van der Waals surface area contributed by atoms with E-state index >= 15 is 0 Å². The highest BCUT2D eigenvalue weighted by Crippen LogP contribution is 2.39. The summed E-state index contributed by atoms with van der Waals surface area (Å²) in [4.78, 5) is 14.3. The third-order valence-electron chi connectivity index (χ3n) is 6.68. The predicted octanol–water partition coefficient (Wildman–Crippen LogP) is 5.39. The van der Waals surface area contributed by atoms with Gasteiger partial charge in [0.05, 0.1) is 0 Å². The van der Waals surface area contributed by atoms with E-state index in [1.54, 1.807) is 0 Å². The lowest BCUT2D eigenvalue weighted by Gasteiger charge is -2.27. The molecular formula is C29H28N2O. The highest BCUT2D eigenvalue weighted by Gasteiger charge is 2.22. The van der Waals surface area contributed by atoms with Gasteiger partial charge in [-0.1, -0.05) is 78.4 Å². The van der Waals surface area contributed by atoms with Crippen LogP contribution in [0.2, 0.25) is 0 Å². The molecule has 3 heteroatoms. The van der Waals surface area contributed by atoms with E-state index in [4.69, 9.17) is 5.73 Å². The largest absolute Gasteiger partial charge is 0.366 e. The molecule has 0 aromatic heterocycles. The molecular weight excluding hydrogens is 392 g/mol. The maximum atomic E-state index is 11.9. The zero-order chi connectivity index (χ0) is 22.1. The van der Waals surface area contributed by atoms with E-state index in [1.165, 1.54) is 39.0 Å². The second kappa shape index (κ2) is 8.60. The molecule has 1 fully saturated rings. The monoisotopic (exact) mass is 420 g/mol. The molecule has 1 amide bonds. The number of nitrogens with two attached hydrogens (primary N) is 1. The first-order valence-corrected chi connectivity index (χ1v) is 11.3. The molecule has 1 saturated heterocycles. The van der Waals surface area contributed by atoms with E-state index in [0.717, 1.165) is 31.5 Å². The summed E-state index contributed by atoms with van der Waals surface area (Å²) in [5, 5.41) is 0. The molecule has 3 aromatic rings. The molecule has 2 aliphatic rings. The molecule has 1 aliphatic carbocycles. The molecule has 1 heterocycles. The van der Waals surface area contributed by atoms with Crippen molar-refractivity contribution in [2.45, 2.75) is 19.3 Å². The van der Waals surface area contributed by atoms with Crippen LogP contribution >= 0.6 is 0 Å². The molecule has 5 rings (SSSR count). The molecule has 160 valence electrons. The number of likely N-dealkylation sites (tertiary alicyclic amines) is 1. The molecule has 0 unspecified atom stereocenters. The lowest BCUT2D eigenvalue weighted by Crippen LogP contribution is -2.27. The van der Waals surface area contributed by atoms with Gasteiger partial charge >= 0.3 is 0 Å². The van der Waals surface area contributed by atoms with Gasteiger partial charge in [0.1, 0.15) is 0 Å². The van der Waals surface area contributed by atoms with Crippen molar-refractivity contribution in [3.8, 4) is 0 Å². The second-order valence-corrected chi connectivity index (χ2v) is 8.82. The highest BCUT2D eigenvalue weighted by molar-refractivity contribution is 5.96. The summed E-state index contributed by atoms with van der Waals surface area (Å²) in [6.07, 6.45) is 7.34. The number of primary amides is 1. The highest BCUT2D eigenvalue weighted by atomic mass is 16.1. The zero-order valence-corrected chi connectivity index (χ0v) is 18.5. The predicted molar refractivity (Wildman–Crippen MR) is 132 cm³/mol. The van der Waals surface area contributed by atoms with Crippen LogP contribution in [0, 0.1) is 0 Å². The zero-order valence-electron chi connectivity index (χ0n) is 18.5. The summed E-state index contributed by atoms with van der Waals surface area (Å²) in [5.41, 5.74) is 16.4. The van der Waals surface area contributed by atoms with Gasteiger partial charge in [-0.25, -0.2) is 0 Å². The number of hydrogen-bond donors (Lipinski definition) is 1. The second-order valence-electron chi connectivity index (χ2n) is 8.82. The van der Waals surface area contributed by atoms with Crippen LogP contribution in [0.25, 0.3) is 17.7 Å². The van der Waals surface area contributed by atoms with Crippen molar-refractivity contribution in [2.24, 2.45) is 5.73 Å². The van der Waals surface area contributed by atoms with E-state index in [1.807, 2.05) is 24.3 Å². The molecule has 0 saturated carbocycles. The number of amides is 1. The lowest BCUT2D eigenvalue weighted by molar-refractivity contribution is 0.0999. The Bertz CT molecular complexity index is 1240. The van der Waals surface area contributed by atoms with E-state index in [9.17, 15) is 4.79 Å². The first kappa shape index (κ1) is 20.5. The first-order valence-electron chi connectivity index (χ1n) is 11.3. The molecule has 0 spiro atoms. The summed E-state index contributed by atoms with van der Waals surface area (Å²) in [6, 6.07) is 23.1. The first-order chi connectivity index (χ1) is 15.6. The van der Waals surface area contributed by atoms with E-state index in [0.29, 0.717) is 12.0 Å². The third kappa shape index (κ3) is 3.92. The van der Waals surface area contributed by atoms with Crippen LogP contribution in [0.1, 0.15) is 56.6 Å². The van der Waals surface area contributed by atoms with Gasteiger partial charge in [0.15, 0.2) is 0 Å². The Balaban J connectivity index is 1.64. The lowest BCUT2D eigenvalue weighted by atomic mass is 9.85. The van der Waals surface area contributed by atoms with E-state index in [2.05, 4.69) is 66.6 Å². The Kier molecular flexibility index (Phi) is 5.50. The molecule has 2 N–H and O–H groups in total. The molecule has 32 heavy (non-hydrogen) atoms. The molecule has 3 nitrogen and oxygen atoms in total. The van der Waals surface area contributed by atoms with Crippen molar-refractivity contribution in [2.75, 3.05) is 20.1 Å². The number of piperidine rings is 1. The fourth-order valence-corrected chi connectivity index (χ4v) is 4.92. The van der Waals surface area contributed by atoms with Gasteiger partial charge in [-0.15, -0.1) is 0 Å². The summed E-state index contributed by atoms with van der Waals surface area (Å²) in [7, 11) is 2.20. The maximum Gasteiger partial charge on any atom is 0.248 e. The van der Waals surface area contributed by atoms with Crippen LogP contribution in [-0.4, -0.2) is 30.9 Å². The number of rotatable bonds is 3. The standard InChI is InChI=1S/C29H28N2O/c1-31-16-14-23(15-17-31)28-25-8-4-2-6-21(25)12-13-22-11-10-20(19-27(22)28)18-24-7-3-5-9-26(24)29(30)32/h2-13,19H,14-18H2,1H3,(H2,30,32). The average molecular weight is 421 g/mol. The molecule has 3 aromatic carbocycles. The molecule has 0 bridgehead atoms. The van der Waals surface area contributed by atoms with Gasteiger partial charge in [-0.05, 0) is 71.3 Å². The van der Waals surface area contributed by atoms with Crippen molar-refractivity contribution >= 4 is 23.6 Å². The van der Waals surface area contributed by atoms with Gasteiger partial charge in [0.25, 0.3) is 0 Å². The Morgan fingerprint density at radius 2 is 1.56 bits per heavy atom. The number of carbonyl (C=O) groups excluding carboxylic acids is 1. The summed E-state index contributed by atoms with van der Waals surface area (Å²) in [6.45, 7) is 2.19. The van der Waals surface area contributed by atoms with E-state index in [-0.39, 0.29) is 5.91 Å². The normalized spacial score (nSPS) is 15.8. The minimum atomic E-state index is -0.374. The SMILES string of the molecule is CN1CCC(=C2c3ccccc3C=Cc3ccc(Cc4ccccc4C(N)=O)cc32)CC1. The van der Waals surface area contributed by atoms with Gasteiger partial charge in [-0.3, -0.25) is 4.79 Å². The molecule has 0 atom stereocenters. The van der Waals surface area contributed by atoms with Crippen molar-refractivity contribution in [1.29, 1.82) is 0 Å². The van der Waals surface area contributed by atoms with Crippen molar-refractivity contribution in [3.05, 3.63) is 111 Å². The number of fused-ring (bicyclic) bond motifs is 2. The number of hydrogen-bond acceptors (Lipinski definition) is 2. The fraction of sp³-hybridized carbons (Fsp3) is 0.207. The average Bonchev–Trinajstić information content (AvgIpc) is 2.97. The van der Waals surface area contributed by atoms with Crippen LogP contribution in [-0.2, 0) is 6.42 Å². The Morgan fingerprint density at radius 1 is 0.875 bits per heavy atom. The topological polar surface area (TPSA) is 46.3 Å². The van der Waals surface area contributed by atoms with Crippen LogP contribution in [0.3, 0.4) is 0 Å². The summed E-state index contributed by atoms with van der Waals surface area (Å²) in [5.74, 6) is -0.374.